The maximum Gasteiger partial charge on any atom is 0.338 e. The van der Waals surface area contributed by atoms with E-state index in [0.29, 0.717) is 5.56 Å². The van der Waals surface area contributed by atoms with Gasteiger partial charge in [-0.25, -0.2) is 17.6 Å². The lowest BCUT2D eigenvalue weighted by Crippen LogP contribution is -2.19. The van der Waals surface area contributed by atoms with Gasteiger partial charge in [-0.2, -0.15) is 0 Å². The van der Waals surface area contributed by atoms with Gasteiger partial charge in [0.2, 0.25) is 0 Å². The van der Waals surface area contributed by atoms with Crippen LogP contribution in [0.4, 0.5) is 10.1 Å². The lowest BCUT2D eigenvalue weighted by molar-refractivity contribution is 0.0696. The molecule has 2 aromatic carbocycles. The molecule has 1 atom stereocenters. The third-order valence-electron chi connectivity index (χ3n) is 4.49. The fourth-order valence-electron chi connectivity index (χ4n) is 3.32. The number of anilines is 1. The topological polar surface area (TPSA) is 83.5 Å². The molecule has 0 unspecified atom stereocenters. The number of hydrogen-bond donors (Lipinski definition) is 2. The zero-order chi connectivity index (χ0) is 18.2. The fraction of sp³-hybridized carbons (Fsp3) is 0.278. The van der Waals surface area contributed by atoms with Gasteiger partial charge >= 0.3 is 5.97 Å². The van der Waals surface area contributed by atoms with E-state index in [4.69, 9.17) is 0 Å². The van der Waals surface area contributed by atoms with Gasteiger partial charge in [0, 0.05) is 0 Å². The first kappa shape index (κ1) is 17.4. The molecule has 0 fully saturated rings. The van der Waals surface area contributed by atoms with Crippen molar-refractivity contribution in [2.45, 2.75) is 37.0 Å². The predicted molar refractivity (Wildman–Crippen MR) is 92.0 cm³/mol. The van der Waals surface area contributed by atoms with Crippen LogP contribution in [0, 0.1) is 5.82 Å². The number of benzene rings is 2. The minimum atomic E-state index is -4.01. The molecule has 0 aliphatic heterocycles. The van der Waals surface area contributed by atoms with E-state index in [2.05, 4.69) is 4.72 Å². The molecule has 0 saturated carbocycles. The fourth-order valence-corrected chi connectivity index (χ4v) is 4.39. The lowest BCUT2D eigenvalue weighted by Gasteiger charge is -2.26. The summed E-state index contributed by atoms with van der Waals surface area (Å²) in [4.78, 5) is 11.7. The molecule has 0 amide bonds. The summed E-state index contributed by atoms with van der Waals surface area (Å²) < 4.78 is 40.4. The van der Waals surface area contributed by atoms with Gasteiger partial charge in [-0.15, -0.1) is 0 Å². The highest BCUT2D eigenvalue weighted by Gasteiger charge is 2.27. The normalized spacial score (nSPS) is 17.0. The minimum absolute atomic E-state index is 0.00427. The van der Waals surface area contributed by atoms with Crippen LogP contribution in [0.3, 0.4) is 0 Å². The monoisotopic (exact) mass is 363 g/mol. The summed E-state index contributed by atoms with van der Waals surface area (Å²) in [5, 5.41) is 9.66. The highest BCUT2D eigenvalue weighted by Crippen LogP contribution is 2.37. The lowest BCUT2D eigenvalue weighted by atomic mass is 9.80. The van der Waals surface area contributed by atoms with Crippen LogP contribution in [0.2, 0.25) is 0 Å². The second-order valence-corrected chi connectivity index (χ2v) is 7.90. The van der Waals surface area contributed by atoms with Gasteiger partial charge in [0.15, 0.2) is 0 Å². The third kappa shape index (κ3) is 3.37. The highest BCUT2D eigenvalue weighted by molar-refractivity contribution is 7.92. The summed E-state index contributed by atoms with van der Waals surface area (Å²) >= 11 is 0. The molecule has 2 N–H and O–H groups in total. The number of carboxylic acid groups (broad SMARTS) is 1. The van der Waals surface area contributed by atoms with Gasteiger partial charge in [0.25, 0.3) is 10.0 Å². The molecule has 7 heteroatoms. The van der Waals surface area contributed by atoms with Crippen LogP contribution in [-0.2, 0) is 16.4 Å². The summed E-state index contributed by atoms with van der Waals surface area (Å²) in [6.45, 7) is 1.95. The van der Waals surface area contributed by atoms with Crippen molar-refractivity contribution < 1.29 is 22.7 Å². The Labute approximate surface area is 145 Å². The molecule has 132 valence electrons. The number of aryl methyl sites for hydroxylation is 1. The zero-order valence-corrected chi connectivity index (χ0v) is 14.4. The number of nitrogens with one attached hydrogen (secondary N) is 1. The molecule has 1 aliphatic carbocycles. The Morgan fingerprint density at radius 2 is 1.88 bits per heavy atom. The Morgan fingerprint density at radius 1 is 1.20 bits per heavy atom. The molecule has 0 saturated heterocycles. The summed E-state index contributed by atoms with van der Waals surface area (Å²) in [7, 11) is -4.01. The molecule has 0 aromatic heterocycles. The van der Waals surface area contributed by atoms with E-state index in [-0.39, 0.29) is 22.1 Å². The van der Waals surface area contributed by atoms with Crippen molar-refractivity contribution in [3.05, 3.63) is 58.9 Å². The van der Waals surface area contributed by atoms with Gasteiger partial charge in [0.05, 0.1) is 16.1 Å². The summed E-state index contributed by atoms with van der Waals surface area (Å²) in [5.41, 5.74) is 1.67. The van der Waals surface area contributed by atoms with Crippen LogP contribution in [0.15, 0.2) is 41.3 Å². The highest BCUT2D eigenvalue weighted by atomic mass is 32.2. The number of hydrogen-bond acceptors (Lipinski definition) is 3. The molecular formula is C18H18FNO4S. The quantitative estimate of drug-likeness (QED) is 0.866. The minimum Gasteiger partial charge on any atom is -0.478 e. The van der Waals surface area contributed by atoms with Crippen molar-refractivity contribution in [3.63, 3.8) is 0 Å². The Bertz CT molecular complexity index is 923. The van der Waals surface area contributed by atoms with Crippen molar-refractivity contribution in [2.24, 2.45) is 0 Å². The number of aromatic carboxylic acids is 1. The first-order valence-corrected chi connectivity index (χ1v) is 9.45. The van der Waals surface area contributed by atoms with Gasteiger partial charge in [-0.3, -0.25) is 4.72 Å². The Kier molecular flexibility index (Phi) is 4.51. The standard InChI is InChI=1S/C18H18FNO4S/c1-11-3-2-4-12-5-10-15(17(16(11)12)18(21)22)20-25(23,24)14-8-6-13(19)7-9-14/h5-11,20H,2-4H2,1H3,(H,21,22)/t11-/m1/s1. The molecule has 3 rings (SSSR count). The second-order valence-electron chi connectivity index (χ2n) is 6.22. The van der Waals surface area contributed by atoms with E-state index in [9.17, 15) is 22.7 Å². The maximum absolute atomic E-state index is 13.0. The Hall–Kier alpha value is -2.41. The van der Waals surface area contributed by atoms with Gasteiger partial charge < -0.3 is 5.11 Å². The van der Waals surface area contributed by atoms with Crippen molar-refractivity contribution in [1.29, 1.82) is 0 Å². The number of rotatable bonds is 4. The molecule has 1 aliphatic rings. The average molecular weight is 363 g/mol. The van der Waals surface area contributed by atoms with Crippen LogP contribution in [0.5, 0.6) is 0 Å². The van der Waals surface area contributed by atoms with E-state index >= 15 is 0 Å². The number of carbonyl (C=O) groups is 1. The molecule has 5 nitrogen and oxygen atoms in total. The van der Waals surface area contributed by atoms with Gasteiger partial charge in [0.1, 0.15) is 5.82 Å². The van der Waals surface area contributed by atoms with E-state index in [0.717, 1.165) is 49.1 Å². The van der Waals surface area contributed by atoms with Gasteiger partial charge in [-0.05, 0) is 66.6 Å². The van der Waals surface area contributed by atoms with E-state index in [1.807, 2.05) is 6.92 Å². The second kappa shape index (κ2) is 6.48. The molecule has 0 radical (unpaired) electrons. The van der Waals surface area contributed by atoms with Crippen molar-refractivity contribution in [2.75, 3.05) is 4.72 Å². The van der Waals surface area contributed by atoms with Crippen LogP contribution in [0.25, 0.3) is 0 Å². The zero-order valence-electron chi connectivity index (χ0n) is 13.6. The third-order valence-corrected chi connectivity index (χ3v) is 5.88. The summed E-state index contributed by atoms with van der Waals surface area (Å²) in [5.74, 6) is -1.67. The van der Waals surface area contributed by atoms with Crippen LogP contribution in [0.1, 0.15) is 47.2 Å². The molecular weight excluding hydrogens is 345 g/mol. The number of halogens is 1. The number of carboxylic acids is 1. The smallest absolute Gasteiger partial charge is 0.338 e. The van der Waals surface area contributed by atoms with Crippen LogP contribution < -0.4 is 4.72 Å². The first-order valence-electron chi connectivity index (χ1n) is 7.97. The Morgan fingerprint density at radius 3 is 2.52 bits per heavy atom. The molecule has 2 aromatic rings. The molecule has 0 heterocycles. The van der Waals surface area contributed by atoms with Crippen molar-refractivity contribution in [3.8, 4) is 0 Å². The van der Waals surface area contributed by atoms with E-state index in [1.54, 1.807) is 6.07 Å². The summed E-state index contributed by atoms with van der Waals surface area (Å²) in [6.07, 6.45) is 2.63. The SMILES string of the molecule is C[C@@H]1CCCc2ccc(NS(=O)(=O)c3ccc(F)cc3)c(C(=O)O)c21. The largest absolute Gasteiger partial charge is 0.478 e. The average Bonchev–Trinajstić information content (AvgIpc) is 2.55. The molecule has 25 heavy (non-hydrogen) atoms. The maximum atomic E-state index is 13.0. The van der Waals surface area contributed by atoms with E-state index in [1.165, 1.54) is 6.07 Å². The van der Waals surface area contributed by atoms with E-state index < -0.39 is 21.8 Å². The Balaban J connectivity index is 2.07. The van der Waals surface area contributed by atoms with Crippen molar-refractivity contribution >= 4 is 21.7 Å². The van der Waals surface area contributed by atoms with Crippen molar-refractivity contribution in [1.82, 2.24) is 0 Å². The summed E-state index contributed by atoms with van der Waals surface area (Å²) in [6, 6.07) is 7.63. The van der Waals surface area contributed by atoms with Crippen LogP contribution >= 0.6 is 0 Å². The molecule has 0 spiro atoms. The number of fused-ring (bicyclic) bond motifs is 1. The predicted octanol–water partition coefficient (Wildman–Crippen LogP) is 3.76. The number of sulfonamides is 1. The molecule has 0 bridgehead atoms. The first-order chi connectivity index (χ1) is 11.8. The van der Waals surface area contributed by atoms with Gasteiger partial charge in [-0.1, -0.05) is 13.0 Å². The van der Waals surface area contributed by atoms with Crippen LogP contribution in [-0.4, -0.2) is 19.5 Å².